The van der Waals surface area contributed by atoms with Crippen LogP contribution in [0.15, 0.2) is 6.20 Å². The van der Waals surface area contributed by atoms with Crippen LogP contribution in [-0.4, -0.2) is 17.6 Å². The Balaban J connectivity index is 2.28. The molecule has 0 aromatic carbocycles. The number of hydrogen-bond acceptors (Lipinski definition) is 3. The average molecular weight is 262 g/mol. The fourth-order valence-electron chi connectivity index (χ4n) is 3.26. The summed E-state index contributed by atoms with van der Waals surface area (Å²) in [6.07, 6.45) is 7.64. The van der Waals surface area contributed by atoms with Crippen LogP contribution in [0.3, 0.4) is 0 Å². The maximum atomic E-state index is 6.65. The predicted octanol–water partition coefficient (Wildman–Crippen LogP) is 3.16. The Bertz CT molecular complexity index is 458. The quantitative estimate of drug-likeness (QED) is 0.910. The minimum absolute atomic E-state index is 0.101. The van der Waals surface area contributed by atoms with E-state index in [4.69, 9.17) is 10.5 Å². The zero-order chi connectivity index (χ0) is 14.0. The summed E-state index contributed by atoms with van der Waals surface area (Å²) < 4.78 is 5.48. The van der Waals surface area contributed by atoms with E-state index in [-0.39, 0.29) is 5.54 Å². The topological polar surface area (TPSA) is 48.1 Å². The van der Waals surface area contributed by atoms with Gasteiger partial charge in [0, 0.05) is 35.0 Å². The fraction of sp³-hybridized carbons (Fsp3) is 0.688. The third-order valence-corrected chi connectivity index (χ3v) is 4.76. The number of nitrogens with zero attached hydrogens (tertiary/aromatic N) is 1. The second-order valence-electron chi connectivity index (χ2n) is 6.10. The summed E-state index contributed by atoms with van der Waals surface area (Å²) in [5.74, 6) is 1.52. The lowest BCUT2D eigenvalue weighted by Crippen LogP contribution is -2.50. The Kier molecular flexibility index (Phi) is 4.14. The standard InChI is InChI=1S/C16H26N2O/c1-11-10-18-14(13(3)15(11)19-4)9-16(17)8-6-5-7-12(16)2/h10,12H,5-9,17H2,1-4H3. The maximum absolute atomic E-state index is 6.65. The van der Waals surface area contributed by atoms with Gasteiger partial charge in [-0.3, -0.25) is 4.98 Å². The lowest BCUT2D eigenvalue weighted by molar-refractivity contribution is 0.202. The van der Waals surface area contributed by atoms with Crippen molar-refractivity contribution in [1.82, 2.24) is 4.98 Å². The van der Waals surface area contributed by atoms with Gasteiger partial charge in [0.05, 0.1) is 7.11 Å². The Hall–Kier alpha value is -1.09. The molecular weight excluding hydrogens is 236 g/mol. The van der Waals surface area contributed by atoms with Crippen molar-refractivity contribution < 1.29 is 4.74 Å². The van der Waals surface area contributed by atoms with Crippen LogP contribution in [0.5, 0.6) is 5.75 Å². The van der Waals surface area contributed by atoms with Gasteiger partial charge in [-0.05, 0) is 32.6 Å². The first-order chi connectivity index (χ1) is 8.98. The van der Waals surface area contributed by atoms with Crippen molar-refractivity contribution in [3.63, 3.8) is 0 Å². The summed E-state index contributed by atoms with van der Waals surface area (Å²) in [6.45, 7) is 6.40. The highest BCUT2D eigenvalue weighted by molar-refractivity contribution is 5.41. The minimum Gasteiger partial charge on any atom is -0.496 e. The molecule has 0 saturated heterocycles. The highest BCUT2D eigenvalue weighted by Crippen LogP contribution is 2.35. The molecule has 1 saturated carbocycles. The molecule has 1 heterocycles. The molecule has 1 aliphatic carbocycles. The summed E-state index contributed by atoms with van der Waals surface area (Å²) in [5.41, 5.74) is 9.88. The molecular formula is C16H26N2O. The van der Waals surface area contributed by atoms with E-state index in [1.54, 1.807) is 7.11 Å². The Morgan fingerprint density at radius 2 is 2.16 bits per heavy atom. The molecule has 2 atom stereocenters. The molecule has 1 aromatic rings. The van der Waals surface area contributed by atoms with Crippen molar-refractivity contribution in [1.29, 1.82) is 0 Å². The summed E-state index contributed by atoms with van der Waals surface area (Å²) in [6, 6.07) is 0. The number of nitrogens with two attached hydrogens (primary N) is 1. The lowest BCUT2D eigenvalue weighted by atomic mass is 9.71. The Morgan fingerprint density at radius 3 is 2.79 bits per heavy atom. The Labute approximate surface area is 116 Å². The van der Waals surface area contributed by atoms with Crippen molar-refractivity contribution in [3.8, 4) is 5.75 Å². The van der Waals surface area contributed by atoms with E-state index in [9.17, 15) is 0 Å². The van der Waals surface area contributed by atoms with E-state index in [1.807, 2.05) is 13.1 Å². The van der Waals surface area contributed by atoms with Crippen molar-refractivity contribution in [2.24, 2.45) is 11.7 Å². The number of rotatable bonds is 3. The monoisotopic (exact) mass is 262 g/mol. The zero-order valence-corrected chi connectivity index (χ0v) is 12.6. The first kappa shape index (κ1) is 14.3. The first-order valence-corrected chi connectivity index (χ1v) is 7.26. The van der Waals surface area contributed by atoms with E-state index in [2.05, 4.69) is 18.8 Å². The van der Waals surface area contributed by atoms with Crippen LogP contribution in [0.4, 0.5) is 0 Å². The SMILES string of the molecule is COc1c(C)cnc(CC2(N)CCCCC2C)c1C. The second-order valence-corrected chi connectivity index (χ2v) is 6.10. The number of hydrogen-bond donors (Lipinski definition) is 1. The number of aryl methyl sites for hydroxylation is 1. The number of aromatic nitrogens is 1. The van der Waals surface area contributed by atoms with Crippen LogP contribution >= 0.6 is 0 Å². The zero-order valence-electron chi connectivity index (χ0n) is 12.6. The summed E-state index contributed by atoms with van der Waals surface area (Å²) in [7, 11) is 1.72. The van der Waals surface area contributed by atoms with E-state index in [0.717, 1.165) is 35.4 Å². The lowest BCUT2D eigenvalue weighted by Gasteiger charge is -2.39. The van der Waals surface area contributed by atoms with E-state index in [1.165, 1.54) is 19.3 Å². The predicted molar refractivity (Wildman–Crippen MR) is 78.5 cm³/mol. The van der Waals surface area contributed by atoms with Crippen LogP contribution in [-0.2, 0) is 6.42 Å². The van der Waals surface area contributed by atoms with Crippen molar-refractivity contribution in [3.05, 3.63) is 23.0 Å². The molecule has 0 spiro atoms. The fourth-order valence-corrected chi connectivity index (χ4v) is 3.26. The van der Waals surface area contributed by atoms with Gasteiger partial charge >= 0.3 is 0 Å². The van der Waals surface area contributed by atoms with E-state index >= 15 is 0 Å². The number of methoxy groups -OCH3 is 1. The third-order valence-electron chi connectivity index (χ3n) is 4.76. The smallest absolute Gasteiger partial charge is 0.128 e. The largest absolute Gasteiger partial charge is 0.496 e. The molecule has 0 aliphatic heterocycles. The van der Waals surface area contributed by atoms with Crippen LogP contribution in [0.2, 0.25) is 0 Å². The molecule has 0 amide bonds. The van der Waals surface area contributed by atoms with Crippen LogP contribution in [0, 0.1) is 19.8 Å². The van der Waals surface area contributed by atoms with E-state index in [0.29, 0.717) is 5.92 Å². The van der Waals surface area contributed by atoms with Gasteiger partial charge in [-0.1, -0.05) is 19.8 Å². The average Bonchev–Trinajstić information content (AvgIpc) is 2.38. The molecule has 19 heavy (non-hydrogen) atoms. The molecule has 2 N–H and O–H groups in total. The minimum atomic E-state index is -0.101. The van der Waals surface area contributed by atoms with Gasteiger partial charge in [0.15, 0.2) is 0 Å². The molecule has 1 aliphatic rings. The summed E-state index contributed by atoms with van der Waals surface area (Å²) in [5, 5.41) is 0. The highest BCUT2D eigenvalue weighted by atomic mass is 16.5. The Morgan fingerprint density at radius 1 is 1.42 bits per heavy atom. The van der Waals surface area contributed by atoms with Gasteiger partial charge in [-0.25, -0.2) is 0 Å². The van der Waals surface area contributed by atoms with Gasteiger partial charge in [0.2, 0.25) is 0 Å². The first-order valence-electron chi connectivity index (χ1n) is 7.26. The molecule has 0 radical (unpaired) electrons. The highest BCUT2D eigenvalue weighted by Gasteiger charge is 2.35. The van der Waals surface area contributed by atoms with Crippen LogP contribution < -0.4 is 10.5 Å². The maximum Gasteiger partial charge on any atom is 0.128 e. The van der Waals surface area contributed by atoms with Crippen molar-refractivity contribution in [2.75, 3.05) is 7.11 Å². The number of ether oxygens (including phenoxy) is 1. The molecule has 0 bridgehead atoms. The molecule has 2 unspecified atom stereocenters. The van der Waals surface area contributed by atoms with Gasteiger partial charge in [0.1, 0.15) is 5.75 Å². The van der Waals surface area contributed by atoms with Crippen molar-refractivity contribution >= 4 is 0 Å². The molecule has 3 heteroatoms. The van der Waals surface area contributed by atoms with Gasteiger partial charge < -0.3 is 10.5 Å². The van der Waals surface area contributed by atoms with Crippen LogP contribution in [0.25, 0.3) is 0 Å². The second kappa shape index (κ2) is 5.49. The normalized spacial score (nSPS) is 27.3. The molecule has 2 rings (SSSR count). The number of pyridine rings is 1. The summed E-state index contributed by atoms with van der Waals surface area (Å²) in [4.78, 5) is 4.60. The van der Waals surface area contributed by atoms with Gasteiger partial charge in [-0.15, -0.1) is 0 Å². The van der Waals surface area contributed by atoms with Gasteiger partial charge in [-0.2, -0.15) is 0 Å². The third kappa shape index (κ3) is 2.76. The molecule has 1 aromatic heterocycles. The van der Waals surface area contributed by atoms with E-state index < -0.39 is 0 Å². The van der Waals surface area contributed by atoms with Crippen LogP contribution in [0.1, 0.15) is 49.4 Å². The van der Waals surface area contributed by atoms with Gasteiger partial charge in [0.25, 0.3) is 0 Å². The van der Waals surface area contributed by atoms with Crippen molar-refractivity contribution in [2.45, 2.75) is 58.4 Å². The molecule has 1 fully saturated rings. The summed E-state index contributed by atoms with van der Waals surface area (Å²) >= 11 is 0. The molecule has 106 valence electrons. The molecule has 3 nitrogen and oxygen atoms in total.